The lowest BCUT2D eigenvalue weighted by atomic mass is 9.95. The molecule has 1 aromatic carbocycles. The van der Waals surface area contributed by atoms with E-state index >= 15 is 0 Å². The van der Waals surface area contributed by atoms with Gasteiger partial charge < -0.3 is 5.32 Å². The molecule has 3 heteroatoms. The van der Waals surface area contributed by atoms with E-state index in [1.165, 1.54) is 24.8 Å². The molecule has 1 N–H and O–H groups in total. The van der Waals surface area contributed by atoms with Gasteiger partial charge in [0.1, 0.15) is 0 Å². The van der Waals surface area contributed by atoms with Crippen LogP contribution < -0.4 is 5.32 Å². The van der Waals surface area contributed by atoms with Crippen molar-refractivity contribution in [3.05, 3.63) is 33.8 Å². The van der Waals surface area contributed by atoms with Crippen LogP contribution in [0.1, 0.15) is 38.7 Å². The first-order valence-electron chi connectivity index (χ1n) is 6.82. The van der Waals surface area contributed by atoms with Crippen LogP contribution in [-0.4, -0.2) is 13.1 Å². The minimum atomic E-state index is 0.653. The van der Waals surface area contributed by atoms with Gasteiger partial charge in [0, 0.05) is 10.0 Å². The summed E-state index contributed by atoms with van der Waals surface area (Å²) in [4.78, 5) is 0. The Labute approximate surface area is 121 Å². The predicted octanol–water partition coefficient (Wildman–Crippen LogP) is 4.95. The summed E-state index contributed by atoms with van der Waals surface area (Å²) in [5.74, 6) is 0.653. The van der Waals surface area contributed by atoms with Gasteiger partial charge in [-0.3, -0.25) is 0 Å². The minimum absolute atomic E-state index is 0.653. The molecule has 1 atom stereocenters. The molecule has 0 aliphatic rings. The highest BCUT2D eigenvalue weighted by Gasteiger charge is 2.11. The lowest BCUT2D eigenvalue weighted by Crippen LogP contribution is -2.25. The number of halogens is 2. The van der Waals surface area contributed by atoms with Crippen molar-refractivity contribution in [2.45, 2.75) is 39.5 Å². The summed E-state index contributed by atoms with van der Waals surface area (Å²) in [5.41, 5.74) is 1.21. The molecule has 0 spiro atoms. The quantitative estimate of drug-likeness (QED) is 0.667. The van der Waals surface area contributed by atoms with Crippen molar-refractivity contribution in [1.82, 2.24) is 5.32 Å². The third-order valence-electron chi connectivity index (χ3n) is 3.08. The van der Waals surface area contributed by atoms with Crippen molar-refractivity contribution >= 4 is 23.2 Å². The standard InChI is InChI=1S/C15H23Cl2N/c1-3-5-12(11-18-8-4-2)9-13-6-7-14(16)10-15(13)17/h6-7,10,12,18H,3-5,8-9,11H2,1-2H3. The van der Waals surface area contributed by atoms with Gasteiger partial charge in [-0.1, -0.05) is 49.5 Å². The van der Waals surface area contributed by atoms with Crippen LogP contribution in [0.5, 0.6) is 0 Å². The van der Waals surface area contributed by atoms with Crippen LogP contribution in [0, 0.1) is 5.92 Å². The highest BCUT2D eigenvalue weighted by molar-refractivity contribution is 6.35. The van der Waals surface area contributed by atoms with Crippen LogP contribution in [0.3, 0.4) is 0 Å². The van der Waals surface area contributed by atoms with Gasteiger partial charge in [0.25, 0.3) is 0 Å². The van der Waals surface area contributed by atoms with E-state index < -0.39 is 0 Å². The Bertz CT molecular complexity index is 352. The Hall–Kier alpha value is -0.240. The smallest absolute Gasteiger partial charge is 0.0452 e. The van der Waals surface area contributed by atoms with Crippen molar-refractivity contribution in [3.63, 3.8) is 0 Å². The molecule has 0 saturated heterocycles. The highest BCUT2D eigenvalue weighted by atomic mass is 35.5. The molecule has 18 heavy (non-hydrogen) atoms. The molecule has 0 bridgehead atoms. The summed E-state index contributed by atoms with van der Waals surface area (Å²) < 4.78 is 0. The van der Waals surface area contributed by atoms with Gasteiger partial charge in [-0.15, -0.1) is 0 Å². The molecule has 1 nitrogen and oxygen atoms in total. The van der Waals surface area contributed by atoms with Gasteiger partial charge in [-0.25, -0.2) is 0 Å². The number of hydrogen-bond donors (Lipinski definition) is 1. The van der Waals surface area contributed by atoms with Gasteiger partial charge in [-0.2, -0.15) is 0 Å². The molecule has 1 aromatic rings. The SMILES string of the molecule is CCCNCC(CCC)Cc1ccc(Cl)cc1Cl. The third kappa shape index (κ3) is 5.60. The van der Waals surface area contributed by atoms with Gasteiger partial charge in [0.2, 0.25) is 0 Å². The zero-order chi connectivity index (χ0) is 13.4. The summed E-state index contributed by atoms with van der Waals surface area (Å²) in [6.45, 7) is 6.59. The van der Waals surface area contributed by atoms with Gasteiger partial charge in [0.05, 0.1) is 0 Å². The van der Waals surface area contributed by atoms with E-state index in [0.29, 0.717) is 10.9 Å². The van der Waals surface area contributed by atoms with Crippen molar-refractivity contribution in [1.29, 1.82) is 0 Å². The van der Waals surface area contributed by atoms with E-state index in [1.54, 1.807) is 0 Å². The van der Waals surface area contributed by atoms with Crippen LogP contribution in [0.2, 0.25) is 10.0 Å². The molecular weight excluding hydrogens is 265 g/mol. The van der Waals surface area contributed by atoms with E-state index in [4.69, 9.17) is 23.2 Å². The van der Waals surface area contributed by atoms with E-state index in [2.05, 4.69) is 19.2 Å². The largest absolute Gasteiger partial charge is 0.316 e. The summed E-state index contributed by atoms with van der Waals surface area (Å²) in [5, 5.41) is 5.00. The molecule has 0 amide bonds. The average Bonchev–Trinajstić information content (AvgIpc) is 2.33. The first kappa shape index (κ1) is 15.8. The molecule has 0 aromatic heterocycles. The molecular formula is C15H23Cl2N. The Morgan fingerprint density at radius 1 is 1.17 bits per heavy atom. The Morgan fingerprint density at radius 2 is 1.94 bits per heavy atom. The lowest BCUT2D eigenvalue weighted by Gasteiger charge is -2.17. The molecule has 1 rings (SSSR count). The van der Waals surface area contributed by atoms with Crippen LogP contribution in [0.25, 0.3) is 0 Å². The predicted molar refractivity (Wildman–Crippen MR) is 81.7 cm³/mol. The average molecular weight is 288 g/mol. The number of benzene rings is 1. The first-order valence-corrected chi connectivity index (χ1v) is 7.57. The van der Waals surface area contributed by atoms with Crippen molar-refractivity contribution in [2.75, 3.05) is 13.1 Å². The second-order valence-corrected chi connectivity index (χ2v) is 5.64. The second kappa shape index (κ2) is 8.79. The maximum absolute atomic E-state index is 6.23. The maximum atomic E-state index is 6.23. The minimum Gasteiger partial charge on any atom is -0.316 e. The van der Waals surface area contributed by atoms with E-state index in [1.807, 2.05) is 18.2 Å². The van der Waals surface area contributed by atoms with Crippen LogP contribution in [-0.2, 0) is 6.42 Å². The molecule has 0 aliphatic heterocycles. The summed E-state index contributed by atoms with van der Waals surface area (Å²) in [6.07, 6.45) is 4.65. The van der Waals surface area contributed by atoms with Crippen molar-refractivity contribution in [3.8, 4) is 0 Å². The Kier molecular flexibility index (Phi) is 7.73. The van der Waals surface area contributed by atoms with Crippen molar-refractivity contribution < 1.29 is 0 Å². The number of hydrogen-bond acceptors (Lipinski definition) is 1. The molecule has 0 radical (unpaired) electrons. The van der Waals surface area contributed by atoms with Gasteiger partial charge in [0.15, 0.2) is 0 Å². The fourth-order valence-electron chi connectivity index (χ4n) is 2.17. The molecule has 0 saturated carbocycles. The first-order chi connectivity index (χ1) is 8.67. The molecule has 0 heterocycles. The second-order valence-electron chi connectivity index (χ2n) is 4.80. The van der Waals surface area contributed by atoms with E-state index in [9.17, 15) is 0 Å². The molecule has 102 valence electrons. The van der Waals surface area contributed by atoms with E-state index in [-0.39, 0.29) is 0 Å². The normalized spacial score (nSPS) is 12.7. The fourth-order valence-corrected chi connectivity index (χ4v) is 2.65. The summed E-state index contributed by atoms with van der Waals surface area (Å²) >= 11 is 12.2. The van der Waals surface area contributed by atoms with Crippen LogP contribution in [0.4, 0.5) is 0 Å². The van der Waals surface area contributed by atoms with Crippen LogP contribution in [0.15, 0.2) is 18.2 Å². The number of rotatable bonds is 8. The topological polar surface area (TPSA) is 12.0 Å². The zero-order valence-corrected chi connectivity index (χ0v) is 12.8. The highest BCUT2D eigenvalue weighted by Crippen LogP contribution is 2.24. The van der Waals surface area contributed by atoms with Crippen LogP contribution >= 0.6 is 23.2 Å². The molecule has 0 fully saturated rings. The maximum Gasteiger partial charge on any atom is 0.0452 e. The van der Waals surface area contributed by atoms with E-state index in [0.717, 1.165) is 24.5 Å². The fraction of sp³-hybridized carbons (Fsp3) is 0.600. The Balaban J connectivity index is 2.58. The molecule has 0 aliphatic carbocycles. The lowest BCUT2D eigenvalue weighted by molar-refractivity contribution is 0.439. The van der Waals surface area contributed by atoms with Gasteiger partial charge in [-0.05, 0) is 56.0 Å². The zero-order valence-electron chi connectivity index (χ0n) is 11.3. The summed E-state index contributed by atoms with van der Waals surface area (Å²) in [7, 11) is 0. The van der Waals surface area contributed by atoms with Gasteiger partial charge >= 0.3 is 0 Å². The summed E-state index contributed by atoms with van der Waals surface area (Å²) in [6, 6.07) is 5.80. The van der Waals surface area contributed by atoms with Crippen molar-refractivity contribution in [2.24, 2.45) is 5.92 Å². The third-order valence-corrected chi connectivity index (χ3v) is 3.67. The molecule has 1 unspecified atom stereocenters. The number of nitrogens with one attached hydrogen (secondary N) is 1. The Morgan fingerprint density at radius 3 is 2.56 bits per heavy atom. The monoisotopic (exact) mass is 287 g/mol.